The van der Waals surface area contributed by atoms with Gasteiger partial charge in [0.25, 0.3) is 0 Å². The van der Waals surface area contributed by atoms with E-state index in [0.29, 0.717) is 0 Å². The molecule has 2 aromatic heterocycles. The second-order valence-corrected chi connectivity index (χ2v) is 9.44. The molecule has 0 radical (unpaired) electrons. The molecule has 2 fully saturated rings. The van der Waals surface area contributed by atoms with Gasteiger partial charge in [-0.2, -0.15) is 5.10 Å². The number of nitrogens with zero attached hydrogens (tertiary/aromatic N) is 7. The van der Waals surface area contributed by atoms with Gasteiger partial charge >= 0.3 is 0 Å². The maximum absolute atomic E-state index is 6.18. The second kappa shape index (κ2) is 11.0. The number of hydrogen-bond donors (Lipinski definition) is 1. The molecular weight excluding hydrogens is 436 g/mol. The normalized spacial score (nSPS) is 22.9. The Morgan fingerprint density at radius 3 is 2.74 bits per heavy atom. The first kappa shape index (κ1) is 24.9. The number of likely N-dealkylation sites (tertiary alicyclic amines) is 2. The Bertz CT molecular complexity index is 1150. The molecule has 0 aromatic carbocycles. The van der Waals surface area contributed by atoms with Gasteiger partial charge < -0.3 is 15.5 Å². The highest BCUT2D eigenvalue weighted by Gasteiger charge is 2.29. The molecule has 2 aromatic rings. The topological polar surface area (TPSA) is 87.4 Å². The van der Waals surface area contributed by atoms with E-state index < -0.39 is 0 Å². The van der Waals surface area contributed by atoms with Crippen LogP contribution in [0, 0.1) is 0 Å². The van der Waals surface area contributed by atoms with Gasteiger partial charge in [-0.1, -0.05) is 12.7 Å². The Kier molecular flexibility index (Phi) is 7.80. The fourth-order valence-electron chi connectivity index (χ4n) is 4.92. The van der Waals surface area contributed by atoms with Crippen LogP contribution in [0.3, 0.4) is 0 Å². The fraction of sp³-hybridized carbons (Fsp3) is 0.481. The van der Waals surface area contributed by atoms with E-state index in [1.54, 1.807) is 10.7 Å². The lowest BCUT2D eigenvalue weighted by Gasteiger charge is -2.38. The highest BCUT2D eigenvalue weighted by atomic mass is 15.3. The molecule has 2 aliphatic heterocycles. The van der Waals surface area contributed by atoms with Crippen LogP contribution in [0.4, 0.5) is 0 Å². The first-order valence-electron chi connectivity index (χ1n) is 12.5. The number of allylic oxidation sites excluding steroid dienone is 2. The highest BCUT2D eigenvalue weighted by molar-refractivity contribution is 6.02. The quantitative estimate of drug-likeness (QED) is 0.506. The van der Waals surface area contributed by atoms with Crippen molar-refractivity contribution >= 4 is 22.9 Å². The fourth-order valence-corrected chi connectivity index (χ4v) is 4.92. The first-order valence-corrected chi connectivity index (χ1v) is 12.5. The van der Waals surface area contributed by atoms with Crippen LogP contribution in [0.1, 0.15) is 52.1 Å². The van der Waals surface area contributed by atoms with Crippen molar-refractivity contribution in [2.45, 2.75) is 58.5 Å². The van der Waals surface area contributed by atoms with Gasteiger partial charge in [-0.25, -0.2) is 14.5 Å². The molecule has 2 atom stereocenters. The summed E-state index contributed by atoms with van der Waals surface area (Å²) in [6.07, 6.45) is 12.3. The first-order chi connectivity index (χ1) is 16.9. The molecule has 4 rings (SSSR count). The number of hydrogen-bond acceptors (Lipinski definition) is 6. The lowest BCUT2D eigenvalue weighted by atomic mass is 9.96. The average Bonchev–Trinajstić information content (AvgIpc) is 3.51. The van der Waals surface area contributed by atoms with E-state index in [-0.39, 0.29) is 12.1 Å². The zero-order chi connectivity index (χ0) is 24.9. The summed E-state index contributed by atoms with van der Waals surface area (Å²) >= 11 is 0. The molecule has 0 bridgehead atoms. The predicted octanol–water partition coefficient (Wildman–Crippen LogP) is 3.93. The van der Waals surface area contributed by atoms with Crippen molar-refractivity contribution in [2.24, 2.45) is 15.7 Å². The minimum absolute atomic E-state index is 0.135. The molecule has 0 saturated carbocycles. The molecule has 0 spiro atoms. The van der Waals surface area contributed by atoms with Gasteiger partial charge in [0.2, 0.25) is 0 Å². The standard InChI is InChI=1S/C27H38N8/c1-6-19(2)27(33-15-12-22(28)17-33)31-20(3)16-23(29-5)25-10-7-8-14-34(25)21(4)24-18-35-26(32-24)11-9-13-30-35/h6,9,11,13,16,18,22,25H,4,7-8,10,12,14-15,17,28H2,1-3,5H3/b19-6-,20-16+,29-23?,31-27+/t22-,25-/m0/s1. The van der Waals surface area contributed by atoms with Crippen molar-refractivity contribution in [2.75, 3.05) is 26.7 Å². The number of aromatic nitrogens is 3. The van der Waals surface area contributed by atoms with Gasteiger partial charge in [0.1, 0.15) is 11.5 Å². The Balaban J connectivity index is 1.60. The van der Waals surface area contributed by atoms with Crippen LogP contribution in [-0.4, -0.2) is 74.7 Å². The van der Waals surface area contributed by atoms with Crippen molar-refractivity contribution in [3.63, 3.8) is 0 Å². The van der Waals surface area contributed by atoms with E-state index in [1.807, 2.05) is 25.4 Å². The highest BCUT2D eigenvalue weighted by Crippen LogP contribution is 2.28. The second-order valence-electron chi connectivity index (χ2n) is 9.44. The zero-order valence-corrected chi connectivity index (χ0v) is 21.5. The minimum Gasteiger partial charge on any atom is -0.362 e. The van der Waals surface area contributed by atoms with Crippen LogP contribution >= 0.6 is 0 Å². The number of amidine groups is 1. The predicted molar refractivity (Wildman–Crippen MR) is 145 cm³/mol. The monoisotopic (exact) mass is 474 g/mol. The molecular formula is C27H38N8. The van der Waals surface area contributed by atoms with Crippen molar-refractivity contribution in [1.29, 1.82) is 0 Å². The Hall–Kier alpha value is -3.26. The average molecular weight is 475 g/mol. The zero-order valence-electron chi connectivity index (χ0n) is 21.5. The van der Waals surface area contributed by atoms with E-state index in [9.17, 15) is 0 Å². The van der Waals surface area contributed by atoms with Crippen molar-refractivity contribution in [3.05, 3.63) is 60.2 Å². The third-order valence-corrected chi connectivity index (χ3v) is 6.93. The lowest BCUT2D eigenvalue weighted by Crippen LogP contribution is -2.42. The molecule has 186 valence electrons. The molecule has 8 nitrogen and oxygen atoms in total. The molecule has 0 aliphatic carbocycles. The summed E-state index contributed by atoms with van der Waals surface area (Å²) in [7, 11) is 1.87. The summed E-state index contributed by atoms with van der Waals surface area (Å²) in [4.78, 5) is 19.1. The van der Waals surface area contributed by atoms with E-state index in [2.05, 4.69) is 54.4 Å². The molecule has 35 heavy (non-hydrogen) atoms. The van der Waals surface area contributed by atoms with Crippen LogP contribution < -0.4 is 5.73 Å². The SMILES string of the molecule is C=C(c1cn2ncccc2n1)N1CCCC[C@H]1C(/C=C(C)/N=C(\C(C)=C/C)N1CC[C@H](N)C1)=NC. The molecule has 8 heteroatoms. The van der Waals surface area contributed by atoms with Crippen molar-refractivity contribution in [1.82, 2.24) is 24.4 Å². The smallest absolute Gasteiger partial charge is 0.154 e. The van der Waals surface area contributed by atoms with Gasteiger partial charge in [-0.3, -0.25) is 4.99 Å². The molecule has 0 unspecified atom stereocenters. The number of piperidine rings is 1. The van der Waals surface area contributed by atoms with Crippen LogP contribution in [0.5, 0.6) is 0 Å². The summed E-state index contributed by atoms with van der Waals surface area (Å²) < 4.78 is 1.79. The van der Waals surface area contributed by atoms with Crippen LogP contribution in [-0.2, 0) is 0 Å². The molecule has 2 N–H and O–H groups in total. The van der Waals surface area contributed by atoms with E-state index >= 15 is 0 Å². The van der Waals surface area contributed by atoms with Crippen molar-refractivity contribution < 1.29 is 0 Å². The maximum atomic E-state index is 6.18. The molecule has 0 amide bonds. The number of rotatable bonds is 6. The Labute approximate surface area is 208 Å². The van der Waals surface area contributed by atoms with E-state index in [1.165, 1.54) is 0 Å². The van der Waals surface area contributed by atoms with Gasteiger partial charge in [-0.05, 0) is 70.2 Å². The number of aliphatic imine (C=N–C) groups is 2. The summed E-state index contributed by atoms with van der Waals surface area (Å²) in [5, 5.41) is 4.36. The lowest BCUT2D eigenvalue weighted by molar-refractivity contribution is 0.282. The van der Waals surface area contributed by atoms with Crippen LogP contribution in [0.15, 0.2) is 64.5 Å². The maximum Gasteiger partial charge on any atom is 0.154 e. The van der Waals surface area contributed by atoms with Crippen molar-refractivity contribution in [3.8, 4) is 0 Å². The molecule has 4 heterocycles. The summed E-state index contributed by atoms with van der Waals surface area (Å²) in [5.41, 5.74) is 11.9. The summed E-state index contributed by atoms with van der Waals surface area (Å²) in [6.45, 7) is 13.4. The number of fused-ring (bicyclic) bond motifs is 1. The Morgan fingerprint density at radius 1 is 1.23 bits per heavy atom. The van der Waals surface area contributed by atoms with Crippen LogP contribution in [0.2, 0.25) is 0 Å². The van der Waals surface area contributed by atoms with E-state index in [4.69, 9.17) is 20.7 Å². The number of imidazole rings is 1. The summed E-state index contributed by atoms with van der Waals surface area (Å²) in [6, 6.07) is 4.20. The van der Waals surface area contributed by atoms with Gasteiger partial charge in [0.05, 0.1) is 23.6 Å². The molecule has 2 saturated heterocycles. The third-order valence-electron chi connectivity index (χ3n) is 6.93. The van der Waals surface area contributed by atoms with Gasteiger partial charge in [0.15, 0.2) is 5.65 Å². The van der Waals surface area contributed by atoms with Gasteiger partial charge in [0, 0.05) is 44.6 Å². The summed E-state index contributed by atoms with van der Waals surface area (Å²) in [5.74, 6) is 1.01. The molecule has 2 aliphatic rings. The van der Waals surface area contributed by atoms with E-state index in [0.717, 1.165) is 85.2 Å². The third kappa shape index (κ3) is 5.53. The number of nitrogens with two attached hydrogens (primary N) is 1. The minimum atomic E-state index is 0.135. The Morgan fingerprint density at radius 2 is 2.06 bits per heavy atom. The van der Waals surface area contributed by atoms with Gasteiger partial charge in [-0.15, -0.1) is 0 Å². The van der Waals surface area contributed by atoms with Crippen LogP contribution in [0.25, 0.3) is 11.3 Å². The largest absolute Gasteiger partial charge is 0.362 e.